The van der Waals surface area contributed by atoms with Gasteiger partial charge in [0.15, 0.2) is 0 Å². The number of benzene rings is 1. The van der Waals surface area contributed by atoms with Crippen LogP contribution < -0.4 is 5.32 Å². The standard InChI is InChI=1S/C13H16BrN/c14-13-5-3-12(4-6-13)10-11-2-1-8-15-9-7-11/h3-6,10,15H,1-2,7-9H2. The van der Waals surface area contributed by atoms with Gasteiger partial charge in [0, 0.05) is 4.47 Å². The molecule has 2 heteroatoms. The van der Waals surface area contributed by atoms with Crippen molar-refractivity contribution < 1.29 is 0 Å². The minimum atomic E-state index is 1.13. The monoisotopic (exact) mass is 265 g/mol. The van der Waals surface area contributed by atoms with Crippen molar-refractivity contribution in [1.29, 1.82) is 0 Å². The Morgan fingerprint density at radius 2 is 1.87 bits per heavy atom. The minimum Gasteiger partial charge on any atom is -0.316 e. The van der Waals surface area contributed by atoms with Crippen molar-refractivity contribution in [3.05, 3.63) is 39.9 Å². The number of halogens is 1. The zero-order valence-corrected chi connectivity index (χ0v) is 10.4. The maximum atomic E-state index is 3.45. The van der Waals surface area contributed by atoms with E-state index in [0.717, 1.165) is 17.6 Å². The van der Waals surface area contributed by atoms with Crippen LogP contribution in [0.1, 0.15) is 24.8 Å². The Hall–Kier alpha value is -0.600. The van der Waals surface area contributed by atoms with Gasteiger partial charge in [0.25, 0.3) is 0 Å². The number of hydrogen-bond donors (Lipinski definition) is 1. The summed E-state index contributed by atoms with van der Waals surface area (Å²) >= 11 is 3.45. The lowest BCUT2D eigenvalue weighted by molar-refractivity contribution is 0.703. The van der Waals surface area contributed by atoms with E-state index in [1.807, 2.05) is 0 Å². The molecule has 1 aromatic carbocycles. The van der Waals surface area contributed by atoms with Gasteiger partial charge in [0.1, 0.15) is 0 Å². The summed E-state index contributed by atoms with van der Waals surface area (Å²) in [5.74, 6) is 0. The molecule has 15 heavy (non-hydrogen) atoms. The SMILES string of the molecule is Brc1ccc(C=C2CCCNCC2)cc1. The molecule has 0 aliphatic carbocycles. The highest BCUT2D eigenvalue weighted by Crippen LogP contribution is 2.18. The molecule has 0 atom stereocenters. The second-order valence-corrected chi connectivity index (χ2v) is 4.87. The lowest BCUT2D eigenvalue weighted by Gasteiger charge is -2.02. The summed E-state index contributed by atoms with van der Waals surface area (Å²) < 4.78 is 1.15. The number of nitrogens with one attached hydrogen (secondary N) is 1. The molecule has 1 aromatic rings. The fourth-order valence-corrected chi connectivity index (χ4v) is 2.14. The number of hydrogen-bond acceptors (Lipinski definition) is 1. The molecule has 0 saturated carbocycles. The second kappa shape index (κ2) is 5.47. The van der Waals surface area contributed by atoms with Crippen molar-refractivity contribution in [2.24, 2.45) is 0 Å². The minimum absolute atomic E-state index is 1.13. The molecule has 1 saturated heterocycles. The molecular formula is C13H16BrN. The molecule has 2 rings (SSSR count). The number of rotatable bonds is 1. The van der Waals surface area contributed by atoms with Crippen molar-refractivity contribution >= 4 is 22.0 Å². The molecule has 1 nitrogen and oxygen atoms in total. The normalized spacial score (nSPS) is 20.2. The maximum Gasteiger partial charge on any atom is 0.0175 e. The zero-order chi connectivity index (χ0) is 10.5. The van der Waals surface area contributed by atoms with Crippen LogP contribution in [0.4, 0.5) is 0 Å². The summed E-state index contributed by atoms with van der Waals surface area (Å²) in [7, 11) is 0. The molecule has 0 bridgehead atoms. The van der Waals surface area contributed by atoms with Gasteiger partial charge >= 0.3 is 0 Å². The summed E-state index contributed by atoms with van der Waals surface area (Å²) in [6, 6.07) is 8.52. The van der Waals surface area contributed by atoms with Crippen LogP contribution in [0.2, 0.25) is 0 Å². The third kappa shape index (κ3) is 3.47. The Morgan fingerprint density at radius 3 is 2.67 bits per heavy atom. The van der Waals surface area contributed by atoms with Crippen LogP contribution in [0.25, 0.3) is 6.08 Å². The van der Waals surface area contributed by atoms with Gasteiger partial charge in [-0.3, -0.25) is 0 Å². The summed E-state index contributed by atoms with van der Waals surface area (Å²) in [5.41, 5.74) is 2.89. The van der Waals surface area contributed by atoms with Crippen molar-refractivity contribution in [2.45, 2.75) is 19.3 Å². The molecule has 1 aliphatic rings. The van der Waals surface area contributed by atoms with Crippen molar-refractivity contribution in [3.8, 4) is 0 Å². The lowest BCUT2D eigenvalue weighted by Crippen LogP contribution is -2.13. The predicted molar refractivity (Wildman–Crippen MR) is 68.8 cm³/mol. The van der Waals surface area contributed by atoms with Gasteiger partial charge in [-0.1, -0.05) is 39.7 Å². The fourth-order valence-electron chi connectivity index (χ4n) is 1.88. The van der Waals surface area contributed by atoms with E-state index < -0.39 is 0 Å². The Morgan fingerprint density at radius 1 is 1.07 bits per heavy atom. The van der Waals surface area contributed by atoms with Crippen LogP contribution in [0, 0.1) is 0 Å². The highest BCUT2D eigenvalue weighted by atomic mass is 79.9. The van der Waals surface area contributed by atoms with E-state index in [9.17, 15) is 0 Å². The third-order valence-corrected chi connectivity index (χ3v) is 3.24. The third-order valence-electron chi connectivity index (χ3n) is 2.72. The molecular weight excluding hydrogens is 250 g/mol. The van der Waals surface area contributed by atoms with Gasteiger partial charge in [0.2, 0.25) is 0 Å². The molecule has 1 heterocycles. The lowest BCUT2D eigenvalue weighted by atomic mass is 10.0. The first-order valence-electron chi connectivity index (χ1n) is 5.50. The van der Waals surface area contributed by atoms with Gasteiger partial charge < -0.3 is 5.32 Å². The second-order valence-electron chi connectivity index (χ2n) is 3.96. The van der Waals surface area contributed by atoms with Crippen LogP contribution in [-0.4, -0.2) is 13.1 Å². The van der Waals surface area contributed by atoms with E-state index in [2.05, 4.69) is 51.6 Å². The van der Waals surface area contributed by atoms with Gasteiger partial charge in [-0.05, 0) is 50.0 Å². The van der Waals surface area contributed by atoms with Crippen molar-refractivity contribution in [3.63, 3.8) is 0 Å². The van der Waals surface area contributed by atoms with E-state index in [4.69, 9.17) is 0 Å². The van der Waals surface area contributed by atoms with Crippen LogP contribution in [0.5, 0.6) is 0 Å². The Labute approximate surface area is 99.7 Å². The van der Waals surface area contributed by atoms with E-state index >= 15 is 0 Å². The van der Waals surface area contributed by atoms with Gasteiger partial charge in [0.05, 0.1) is 0 Å². The maximum absolute atomic E-state index is 3.45. The van der Waals surface area contributed by atoms with Crippen LogP contribution in [0.3, 0.4) is 0 Å². The molecule has 1 fully saturated rings. The fraction of sp³-hybridized carbons (Fsp3) is 0.385. The average Bonchev–Trinajstić information content (AvgIpc) is 2.50. The summed E-state index contributed by atoms with van der Waals surface area (Å²) in [4.78, 5) is 0. The van der Waals surface area contributed by atoms with Crippen molar-refractivity contribution in [1.82, 2.24) is 5.32 Å². The summed E-state index contributed by atoms with van der Waals surface area (Å²) in [5, 5.41) is 3.42. The average molecular weight is 266 g/mol. The van der Waals surface area contributed by atoms with Crippen molar-refractivity contribution in [2.75, 3.05) is 13.1 Å². The van der Waals surface area contributed by atoms with Crippen LogP contribution in [0.15, 0.2) is 34.3 Å². The molecule has 0 unspecified atom stereocenters. The molecule has 1 aliphatic heterocycles. The highest BCUT2D eigenvalue weighted by molar-refractivity contribution is 9.10. The molecule has 0 spiro atoms. The van der Waals surface area contributed by atoms with Gasteiger partial charge in [-0.2, -0.15) is 0 Å². The molecule has 0 amide bonds. The quantitative estimate of drug-likeness (QED) is 0.818. The molecule has 80 valence electrons. The first-order valence-corrected chi connectivity index (χ1v) is 6.29. The Kier molecular flexibility index (Phi) is 3.98. The van der Waals surface area contributed by atoms with E-state index in [-0.39, 0.29) is 0 Å². The van der Waals surface area contributed by atoms with E-state index in [1.165, 1.54) is 24.8 Å². The molecule has 0 radical (unpaired) electrons. The topological polar surface area (TPSA) is 12.0 Å². The Balaban J connectivity index is 2.10. The highest BCUT2D eigenvalue weighted by Gasteiger charge is 2.03. The molecule has 0 aromatic heterocycles. The van der Waals surface area contributed by atoms with E-state index in [0.29, 0.717) is 0 Å². The van der Waals surface area contributed by atoms with Gasteiger partial charge in [-0.15, -0.1) is 0 Å². The first kappa shape index (κ1) is 10.9. The van der Waals surface area contributed by atoms with Crippen LogP contribution >= 0.6 is 15.9 Å². The first-order chi connectivity index (χ1) is 7.34. The summed E-state index contributed by atoms with van der Waals surface area (Å²) in [6.07, 6.45) is 6.03. The smallest absolute Gasteiger partial charge is 0.0175 e. The van der Waals surface area contributed by atoms with Crippen LogP contribution in [-0.2, 0) is 0 Å². The predicted octanol–water partition coefficient (Wildman–Crippen LogP) is 3.61. The molecule has 1 N–H and O–H groups in total. The summed E-state index contributed by atoms with van der Waals surface area (Å²) in [6.45, 7) is 2.29. The zero-order valence-electron chi connectivity index (χ0n) is 8.80. The van der Waals surface area contributed by atoms with Gasteiger partial charge in [-0.25, -0.2) is 0 Å². The van der Waals surface area contributed by atoms with E-state index in [1.54, 1.807) is 5.57 Å². The largest absolute Gasteiger partial charge is 0.316 e. The Bertz CT molecular complexity index is 330.